The number of nitrogens with zero attached hydrogens (tertiary/aromatic N) is 3. The van der Waals surface area contributed by atoms with Crippen molar-refractivity contribution in [2.24, 2.45) is 0 Å². The number of aryl methyl sites for hydroxylation is 1. The summed E-state index contributed by atoms with van der Waals surface area (Å²) in [4.78, 5) is 27.0. The molecule has 2 rings (SSSR count). The Morgan fingerprint density at radius 2 is 1.74 bits per heavy atom. The summed E-state index contributed by atoms with van der Waals surface area (Å²) < 4.78 is 0. The maximum absolute atomic E-state index is 12.5. The standard InChI is InChI=1S/C20H26N4O3/c1-14-12-16(8-11-18(14)24(26)27)20(25)21-13-19(23(4)5)15-6-9-17(10-7-15)22(2)3/h6-12,19H,13H2,1-5H3,(H,21,25). The average molecular weight is 370 g/mol. The number of hydrogen-bond donors (Lipinski definition) is 1. The third-order valence-electron chi connectivity index (χ3n) is 4.53. The lowest BCUT2D eigenvalue weighted by molar-refractivity contribution is -0.385. The van der Waals surface area contributed by atoms with Crippen molar-refractivity contribution in [2.45, 2.75) is 13.0 Å². The summed E-state index contributed by atoms with van der Waals surface area (Å²) in [6.07, 6.45) is 0. The summed E-state index contributed by atoms with van der Waals surface area (Å²) in [5, 5.41) is 13.8. The van der Waals surface area contributed by atoms with Gasteiger partial charge in [0, 0.05) is 43.5 Å². The number of nitro groups is 1. The molecular weight excluding hydrogens is 344 g/mol. The molecule has 0 aromatic heterocycles. The van der Waals surface area contributed by atoms with E-state index in [2.05, 4.69) is 17.4 Å². The number of amides is 1. The number of rotatable bonds is 7. The second-order valence-corrected chi connectivity index (χ2v) is 6.93. The minimum atomic E-state index is -0.448. The molecule has 1 atom stereocenters. The van der Waals surface area contributed by atoms with Crippen molar-refractivity contribution >= 4 is 17.3 Å². The predicted octanol–water partition coefficient (Wildman–Crippen LogP) is 3.00. The fraction of sp³-hybridized carbons (Fsp3) is 0.350. The second kappa shape index (κ2) is 8.64. The Hall–Kier alpha value is -2.93. The molecule has 0 heterocycles. The minimum Gasteiger partial charge on any atom is -0.378 e. The largest absolute Gasteiger partial charge is 0.378 e. The fourth-order valence-electron chi connectivity index (χ4n) is 2.89. The second-order valence-electron chi connectivity index (χ2n) is 6.93. The zero-order valence-corrected chi connectivity index (χ0v) is 16.4. The molecule has 0 aliphatic carbocycles. The monoisotopic (exact) mass is 370 g/mol. The maximum atomic E-state index is 12.5. The summed E-state index contributed by atoms with van der Waals surface area (Å²) in [7, 11) is 7.91. The van der Waals surface area contributed by atoms with E-state index in [0.717, 1.165) is 11.3 Å². The van der Waals surface area contributed by atoms with Crippen LogP contribution >= 0.6 is 0 Å². The molecule has 2 aromatic rings. The van der Waals surface area contributed by atoms with Gasteiger partial charge in [0.05, 0.1) is 11.0 Å². The van der Waals surface area contributed by atoms with Crippen LogP contribution in [0, 0.1) is 17.0 Å². The number of anilines is 1. The smallest absolute Gasteiger partial charge is 0.272 e. The van der Waals surface area contributed by atoms with Crippen LogP contribution in [0.15, 0.2) is 42.5 Å². The van der Waals surface area contributed by atoms with E-state index in [9.17, 15) is 14.9 Å². The number of nitro benzene ring substituents is 1. The Labute approximate surface area is 159 Å². The summed E-state index contributed by atoms with van der Waals surface area (Å²) in [6.45, 7) is 2.06. The summed E-state index contributed by atoms with van der Waals surface area (Å²) in [5.74, 6) is -0.246. The molecule has 1 N–H and O–H groups in total. The summed E-state index contributed by atoms with van der Waals surface area (Å²) in [5.41, 5.74) is 3.11. The first-order valence-corrected chi connectivity index (χ1v) is 8.67. The molecule has 2 aromatic carbocycles. The highest BCUT2D eigenvalue weighted by atomic mass is 16.6. The van der Waals surface area contributed by atoms with E-state index in [1.165, 1.54) is 12.1 Å². The van der Waals surface area contributed by atoms with Gasteiger partial charge in [-0.15, -0.1) is 0 Å². The summed E-state index contributed by atoms with van der Waals surface area (Å²) in [6, 6.07) is 12.6. The van der Waals surface area contributed by atoms with Crippen LogP contribution in [0.5, 0.6) is 0 Å². The van der Waals surface area contributed by atoms with Gasteiger partial charge >= 0.3 is 0 Å². The Morgan fingerprint density at radius 1 is 1.11 bits per heavy atom. The van der Waals surface area contributed by atoms with Crippen LogP contribution in [0.4, 0.5) is 11.4 Å². The van der Waals surface area contributed by atoms with Gasteiger partial charge in [-0.3, -0.25) is 14.9 Å². The zero-order valence-electron chi connectivity index (χ0n) is 16.4. The highest BCUT2D eigenvalue weighted by molar-refractivity contribution is 5.94. The SMILES string of the molecule is Cc1cc(C(=O)NCC(c2ccc(N(C)C)cc2)N(C)C)ccc1[N+](=O)[O-]. The van der Waals surface area contributed by atoms with Crippen molar-refractivity contribution < 1.29 is 9.72 Å². The van der Waals surface area contributed by atoms with Crippen LogP contribution in [-0.4, -0.2) is 50.5 Å². The third kappa shape index (κ3) is 5.04. The first-order valence-electron chi connectivity index (χ1n) is 8.67. The van der Waals surface area contributed by atoms with Gasteiger partial charge in [-0.1, -0.05) is 12.1 Å². The average Bonchev–Trinajstić information content (AvgIpc) is 2.61. The van der Waals surface area contributed by atoms with E-state index < -0.39 is 4.92 Å². The van der Waals surface area contributed by atoms with Gasteiger partial charge in [0.1, 0.15) is 0 Å². The topological polar surface area (TPSA) is 78.7 Å². The first kappa shape index (κ1) is 20.4. The Bertz CT molecular complexity index is 816. The zero-order chi connectivity index (χ0) is 20.1. The molecule has 1 unspecified atom stereocenters. The van der Waals surface area contributed by atoms with Crippen LogP contribution in [0.1, 0.15) is 27.5 Å². The Kier molecular flexibility index (Phi) is 6.52. The van der Waals surface area contributed by atoms with Gasteiger partial charge in [0.25, 0.3) is 11.6 Å². The van der Waals surface area contributed by atoms with Crippen molar-refractivity contribution in [1.29, 1.82) is 0 Å². The van der Waals surface area contributed by atoms with Crippen molar-refractivity contribution in [3.05, 3.63) is 69.3 Å². The van der Waals surface area contributed by atoms with Crippen LogP contribution < -0.4 is 10.2 Å². The van der Waals surface area contributed by atoms with Gasteiger partial charge in [-0.05, 0) is 50.8 Å². The van der Waals surface area contributed by atoms with Gasteiger partial charge in [0.15, 0.2) is 0 Å². The molecule has 0 aliphatic heterocycles. The van der Waals surface area contributed by atoms with E-state index in [1.54, 1.807) is 13.0 Å². The lowest BCUT2D eigenvalue weighted by atomic mass is 10.0. The molecule has 0 aliphatic rings. The number of nitrogens with one attached hydrogen (secondary N) is 1. The van der Waals surface area contributed by atoms with Crippen LogP contribution in [0.2, 0.25) is 0 Å². The van der Waals surface area contributed by atoms with E-state index in [-0.39, 0.29) is 17.6 Å². The molecular formula is C20H26N4O3. The van der Waals surface area contributed by atoms with Crippen LogP contribution in [0.25, 0.3) is 0 Å². The molecule has 0 bridgehead atoms. The molecule has 0 saturated heterocycles. The molecule has 0 fully saturated rings. The van der Waals surface area contributed by atoms with Crippen molar-refractivity contribution in [3.8, 4) is 0 Å². The molecule has 7 heteroatoms. The number of carbonyl (C=O) groups excluding carboxylic acids is 1. The van der Waals surface area contributed by atoms with Gasteiger partial charge in [0.2, 0.25) is 0 Å². The normalized spacial score (nSPS) is 11.9. The van der Waals surface area contributed by atoms with E-state index in [0.29, 0.717) is 17.7 Å². The molecule has 7 nitrogen and oxygen atoms in total. The van der Waals surface area contributed by atoms with E-state index in [4.69, 9.17) is 0 Å². The number of carbonyl (C=O) groups is 1. The fourth-order valence-corrected chi connectivity index (χ4v) is 2.89. The lowest BCUT2D eigenvalue weighted by Crippen LogP contribution is -2.34. The number of benzene rings is 2. The quantitative estimate of drug-likeness (QED) is 0.599. The van der Waals surface area contributed by atoms with Crippen molar-refractivity contribution in [3.63, 3.8) is 0 Å². The Balaban J connectivity index is 2.10. The van der Waals surface area contributed by atoms with E-state index in [1.807, 2.05) is 50.1 Å². The van der Waals surface area contributed by atoms with Crippen LogP contribution in [0.3, 0.4) is 0 Å². The maximum Gasteiger partial charge on any atom is 0.272 e. The number of hydrogen-bond acceptors (Lipinski definition) is 5. The van der Waals surface area contributed by atoms with Gasteiger partial charge in [-0.25, -0.2) is 0 Å². The van der Waals surface area contributed by atoms with Gasteiger partial charge < -0.3 is 15.1 Å². The van der Waals surface area contributed by atoms with E-state index >= 15 is 0 Å². The molecule has 144 valence electrons. The highest BCUT2D eigenvalue weighted by Crippen LogP contribution is 2.22. The predicted molar refractivity (Wildman–Crippen MR) is 107 cm³/mol. The summed E-state index contributed by atoms with van der Waals surface area (Å²) >= 11 is 0. The van der Waals surface area contributed by atoms with Crippen molar-refractivity contribution in [1.82, 2.24) is 10.2 Å². The minimum absolute atomic E-state index is 0.0127. The van der Waals surface area contributed by atoms with Crippen molar-refractivity contribution in [2.75, 3.05) is 39.6 Å². The first-order chi connectivity index (χ1) is 12.7. The Morgan fingerprint density at radius 3 is 2.22 bits per heavy atom. The molecule has 0 radical (unpaired) electrons. The molecule has 0 saturated carbocycles. The molecule has 0 spiro atoms. The molecule has 1 amide bonds. The highest BCUT2D eigenvalue weighted by Gasteiger charge is 2.18. The third-order valence-corrected chi connectivity index (χ3v) is 4.53. The number of likely N-dealkylation sites (N-methyl/N-ethyl adjacent to an activating group) is 1. The molecule has 27 heavy (non-hydrogen) atoms. The lowest BCUT2D eigenvalue weighted by Gasteiger charge is -2.26. The van der Waals surface area contributed by atoms with Gasteiger partial charge in [-0.2, -0.15) is 0 Å². The van der Waals surface area contributed by atoms with Crippen LogP contribution in [-0.2, 0) is 0 Å².